The van der Waals surface area contributed by atoms with Gasteiger partial charge in [0.1, 0.15) is 17.2 Å². The standard InChI is InChI=1S/C23H15ClN2O4/c1-12-5-8-18(25-11-12)26-20(13-3-2-4-15(27)9-13)19-21(28)16-10-14(24)6-7-17(16)30-22(19)23(26)29/h2-11,20,27H,1H3. The number of hydrogen-bond donors (Lipinski definition) is 1. The van der Waals surface area contributed by atoms with Crippen molar-refractivity contribution < 1.29 is 14.3 Å². The number of rotatable bonds is 2. The summed E-state index contributed by atoms with van der Waals surface area (Å²) in [6, 6.07) is 13.9. The first-order valence-electron chi connectivity index (χ1n) is 9.25. The lowest BCUT2D eigenvalue weighted by molar-refractivity contribution is 0.0970. The molecule has 30 heavy (non-hydrogen) atoms. The molecule has 1 aliphatic heterocycles. The number of carbonyl (C=O) groups is 1. The molecule has 0 saturated heterocycles. The Balaban J connectivity index is 1.83. The van der Waals surface area contributed by atoms with Gasteiger partial charge in [0.25, 0.3) is 5.91 Å². The lowest BCUT2D eigenvalue weighted by Gasteiger charge is -2.24. The van der Waals surface area contributed by atoms with Gasteiger partial charge in [0, 0.05) is 11.2 Å². The molecule has 0 spiro atoms. The summed E-state index contributed by atoms with van der Waals surface area (Å²) >= 11 is 6.08. The number of phenols is 1. The number of fused-ring (bicyclic) bond motifs is 2. The van der Waals surface area contributed by atoms with Crippen molar-refractivity contribution in [2.75, 3.05) is 4.90 Å². The van der Waals surface area contributed by atoms with Crippen LogP contribution >= 0.6 is 11.6 Å². The number of benzene rings is 2. The normalized spacial score (nSPS) is 15.6. The van der Waals surface area contributed by atoms with Crippen LogP contribution in [0.3, 0.4) is 0 Å². The summed E-state index contributed by atoms with van der Waals surface area (Å²) in [4.78, 5) is 32.6. The van der Waals surface area contributed by atoms with Crippen LogP contribution in [0, 0.1) is 6.92 Å². The first-order valence-corrected chi connectivity index (χ1v) is 9.63. The summed E-state index contributed by atoms with van der Waals surface area (Å²) in [6.07, 6.45) is 1.65. The average molecular weight is 419 g/mol. The van der Waals surface area contributed by atoms with E-state index in [4.69, 9.17) is 16.0 Å². The molecule has 4 aromatic rings. The second-order valence-corrected chi connectivity index (χ2v) is 7.62. The zero-order valence-corrected chi connectivity index (χ0v) is 16.6. The van der Waals surface area contributed by atoms with E-state index in [1.54, 1.807) is 36.5 Å². The molecule has 1 atom stereocenters. The Morgan fingerprint density at radius 2 is 1.93 bits per heavy atom. The summed E-state index contributed by atoms with van der Waals surface area (Å²) in [7, 11) is 0. The van der Waals surface area contributed by atoms with Gasteiger partial charge in [-0.05, 0) is 54.4 Å². The van der Waals surface area contributed by atoms with E-state index in [1.165, 1.54) is 23.1 Å². The molecule has 0 fully saturated rings. The zero-order chi connectivity index (χ0) is 21.0. The van der Waals surface area contributed by atoms with E-state index in [1.807, 2.05) is 13.0 Å². The fourth-order valence-corrected chi connectivity index (χ4v) is 3.97. The van der Waals surface area contributed by atoms with E-state index in [0.29, 0.717) is 16.4 Å². The quantitative estimate of drug-likeness (QED) is 0.514. The number of aromatic hydroxyl groups is 1. The summed E-state index contributed by atoms with van der Waals surface area (Å²) in [5, 5.41) is 10.7. The Hall–Kier alpha value is -3.64. The van der Waals surface area contributed by atoms with Gasteiger partial charge in [-0.3, -0.25) is 14.5 Å². The number of halogens is 1. The number of anilines is 1. The highest BCUT2D eigenvalue weighted by atomic mass is 35.5. The lowest BCUT2D eigenvalue weighted by Crippen LogP contribution is -2.30. The van der Waals surface area contributed by atoms with E-state index in [0.717, 1.165) is 5.56 Å². The van der Waals surface area contributed by atoms with Crippen LogP contribution in [-0.2, 0) is 0 Å². The van der Waals surface area contributed by atoms with Crippen molar-refractivity contribution in [2.45, 2.75) is 13.0 Å². The monoisotopic (exact) mass is 418 g/mol. The summed E-state index contributed by atoms with van der Waals surface area (Å²) in [5.41, 5.74) is 1.64. The Labute approximate surface area is 176 Å². The molecule has 1 unspecified atom stereocenters. The van der Waals surface area contributed by atoms with Crippen LogP contribution in [0.25, 0.3) is 11.0 Å². The maximum absolute atomic E-state index is 13.4. The molecule has 6 nitrogen and oxygen atoms in total. The molecule has 2 aromatic heterocycles. The van der Waals surface area contributed by atoms with Crippen LogP contribution in [0.15, 0.2) is 70.0 Å². The number of pyridine rings is 1. The smallest absolute Gasteiger partial charge is 0.296 e. The van der Waals surface area contributed by atoms with Crippen LogP contribution in [0.2, 0.25) is 5.02 Å². The molecule has 0 radical (unpaired) electrons. The number of amides is 1. The van der Waals surface area contributed by atoms with Gasteiger partial charge in [0.15, 0.2) is 5.43 Å². The van der Waals surface area contributed by atoms with Gasteiger partial charge in [-0.25, -0.2) is 4.98 Å². The first kappa shape index (κ1) is 18.4. The Morgan fingerprint density at radius 3 is 2.67 bits per heavy atom. The van der Waals surface area contributed by atoms with Gasteiger partial charge >= 0.3 is 0 Å². The number of carbonyl (C=O) groups excluding carboxylic acids is 1. The van der Waals surface area contributed by atoms with Gasteiger partial charge in [-0.2, -0.15) is 0 Å². The molecular weight excluding hydrogens is 404 g/mol. The van der Waals surface area contributed by atoms with Crippen LogP contribution in [0.5, 0.6) is 5.75 Å². The molecule has 1 amide bonds. The number of hydrogen-bond acceptors (Lipinski definition) is 5. The molecule has 7 heteroatoms. The zero-order valence-electron chi connectivity index (χ0n) is 15.8. The average Bonchev–Trinajstić information content (AvgIpc) is 3.02. The van der Waals surface area contributed by atoms with E-state index in [-0.39, 0.29) is 33.5 Å². The molecule has 0 aliphatic carbocycles. The first-order chi connectivity index (χ1) is 14.4. The summed E-state index contributed by atoms with van der Waals surface area (Å²) in [6.45, 7) is 1.89. The minimum absolute atomic E-state index is 0.0263. The predicted octanol–water partition coefficient (Wildman–Crippen LogP) is 4.61. The molecular formula is C23H15ClN2O4. The molecule has 1 N–H and O–H groups in total. The maximum Gasteiger partial charge on any atom is 0.296 e. The van der Waals surface area contributed by atoms with Gasteiger partial charge in [0.2, 0.25) is 5.76 Å². The Morgan fingerprint density at radius 1 is 1.10 bits per heavy atom. The molecule has 148 valence electrons. The van der Waals surface area contributed by atoms with Crippen molar-refractivity contribution in [2.24, 2.45) is 0 Å². The van der Waals surface area contributed by atoms with Crippen molar-refractivity contribution in [3.8, 4) is 5.75 Å². The third-order valence-corrected chi connectivity index (χ3v) is 5.40. The fourth-order valence-electron chi connectivity index (χ4n) is 3.79. The minimum atomic E-state index is -0.797. The SMILES string of the molecule is Cc1ccc(N2C(=O)c3oc4ccc(Cl)cc4c(=O)c3C2c2cccc(O)c2)nc1. The van der Waals surface area contributed by atoms with Gasteiger partial charge in [0.05, 0.1) is 17.0 Å². The maximum atomic E-state index is 13.4. The highest BCUT2D eigenvalue weighted by molar-refractivity contribution is 6.31. The second kappa shape index (κ2) is 6.71. The van der Waals surface area contributed by atoms with Crippen molar-refractivity contribution in [3.05, 3.63) is 98.5 Å². The third kappa shape index (κ3) is 2.76. The van der Waals surface area contributed by atoms with Gasteiger partial charge < -0.3 is 9.52 Å². The van der Waals surface area contributed by atoms with Gasteiger partial charge in [-0.1, -0.05) is 29.8 Å². The molecule has 3 heterocycles. The topological polar surface area (TPSA) is 83.6 Å². The number of aryl methyl sites for hydroxylation is 1. The second-order valence-electron chi connectivity index (χ2n) is 7.18. The molecule has 0 saturated carbocycles. The van der Waals surface area contributed by atoms with Crippen molar-refractivity contribution in [3.63, 3.8) is 0 Å². The van der Waals surface area contributed by atoms with E-state index in [9.17, 15) is 14.7 Å². The van der Waals surface area contributed by atoms with E-state index in [2.05, 4.69) is 4.98 Å². The Kier molecular flexibility index (Phi) is 4.11. The van der Waals surface area contributed by atoms with Crippen molar-refractivity contribution >= 4 is 34.3 Å². The molecule has 0 bridgehead atoms. The summed E-state index contributed by atoms with van der Waals surface area (Å²) < 4.78 is 5.87. The van der Waals surface area contributed by atoms with Gasteiger partial charge in [-0.15, -0.1) is 0 Å². The minimum Gasteiger partial charge on any atom is -0.508 e. The number of phenolic OH excluding ortho intramolecular Hbond substituents is 1. The predicted molar refractivity (Wildman–Crippen MR) is 113 cm³/mol. The fraction of sp³-hybridized carbons (Fsp3) is 0.0870. The number of nitrogens with zero attached hydrogens (tertiary/aromatic N) is 2. The highest BCUT2D eigenvalue weighted by Gasteiger charge is 2.44. The molecule has 5 rings (SSSR count). The molecule has 2 aromatic carbocycles. The van der Waals surface area contributed by atoms with Crippen LogP contribution < -0.4 is 10.3 Å². The third-order valence-electron chi connectivity index (χ3n) is 5.16. The van der Waals surface area contributed by atoms with E-state index >= 15 is 0 Å². The van der Waals surface area contributed by atoms with Crippen LogP contribution in [0.1, 0.15) is 33.3 Å². The number of aromatic nitrogens is 1. The van der Waals surface area contributed by atoms with E-state index < -0.39 is 11.9 Å². The Bertz CT molecular complexity index is 1380. The van der Waals surface area contributed by atoms with Crippen molar-refractivity contribution in [1.82, 2.24) is 4.98 Å². The van der Waals surface area contributed by atoms with Crippen LogP contribution in [-0.4, -0.2) is 16.0 Å². The molecule has 1 aliphatic rings. The van der Waals surface area contributed by atoms with Crippen molar-refractivity contribution in [1.29, 1.82) is 0 Å². The van der Waals surface area contributed by atoms with Crippen LogP contribution in [0.4, 0.5) is 5.82 Å². The highest BCUT2D eigenvalue weighted by Crippen LogP contribution is 2.41. The largest absolute Gasteiger partial charge is 0.508 e. The summed E-state index contributed by atoms with van der Waals surface area (Å²) in [5.74, 6) is -0.0977. The lowest BCUT2D eigenvalue weighted by atomic mass is 9.98.